The zero-order valence-corrected chi connectivity index (χ0v) is 11.9. The van der Waals surface area contributed by atoms with Gasteiger partial charge in [0.15, 0.2) is 5.16 Å². The maximum absolute atomic E-state index is 11.8. The fourth-order valence-corrected chi connectivity index (χ4v) is 2.06. The van der Waals surface area contributed by atoms with Crippen LogP contribution in [0, 0.1) is 0 Å². The van der Waals surface area contributed by atoms with Gasteiger partial charge >= 0.3 is 0 Å². The lowest BCUT2D eigenvalue weighted by atomic mass is 10.2. The molecule has 2 aromatic rings. The number of rotatable bonds is 6. The van der Waals surface area contributed by atoms with Crippen LogP contribution in [0.15, 0.2) is 29.7 Å². The van der Waals surface area contributed by atoms with Gasteiger partial charge < -0.3 is 14.8 Å². The van der Waals surface area contributed by atoms with E-state index in [4.69, 9.17) is 9.47 Å². The first-order valence-corrected chi connectivity index (χ1v) is 6.71. The number of carbonyl (C=O) groups is 1. The molecule has 20 heavy (non-hydrogen) atoms. The minimum absolute atomic E-state index is 0.158. The monoisotopic (exact) mass is 294 g/mol. The summed E-state index contributed by atoms with van der Waals surface area (Å²) < 4.78 is 10.3. The molecule has 0 radical (unpaired) electrons. The van der Waals surface area contributed by atoms with Crippen LogP contribution in [0.5, 0.6) is 11.5 Å². The third-order valence-corrected chi connectivity index (χ3v) is 3.29. The largest absolute Gasteiger partial charge is 0.497 e. The van der Waals surface area contributed by atoms with Gasteiger partial charge in [-0.15, -0.1) is 0 Å². The van der Waals surface area contributed by atoms with E-state index < -0.39 is 0 Å². The molecular formula is C12H14N4O3S. The lowest BCUT2D eigenvalue weighted by Crippen LogP contribution is -2.14. The van der Waals surface area contributed by atoms with Crippen LogP contribution < -0.4 is 14.8 Å². The number of hydrogen-bond acceptors (Lipinski definition) is 6. The molecule has 0 aliphatic rings. The average molecular weight is 294 g/mol. The molecule has 1 aromatic heterocycles. The zero-order valence-electron chi connectivity index (χ0n) is 11.0. The number of nitrogens with zero attached hydrogens (tertiary/aromatic N) is 2. The van der Waals surface area contributed by atoms with Gasteiger partial charge in [-0.05, 0) is 12.1 Å². The van der Waals surface area contributed by atoms with E-state index in [9.17, 15) is 4.79 Å². The van der Waals surface area contributed by atoms with Crippen LogP contribution in [0.3, 0.4) is 0 Å². The molecule has 1 aromatic carbocycles. The maximum Gasteiger partial charge on any atom is 0.234 e. The minimum atomic E-state index is -0.158. The number of aromatic nitrogens is 3. The van der Waals surface area contributed by atoms with Crippen LogP contribution in [0.2, 0.25) is 0 Å². The number of methoxy groups -OCH3 is 2. The van der Waals surface area contributed by atoms with E-state index in [-0.39, 0.29) is 11.7 Å². The van der Waals surface area contributed by atoms with Crippen molar-refractivity contribution in [1.82, 2.24) is 15.2 Å². The van der Waals surface area contributed by atoms with E-state index >= 15 is 0 Å². The van der Waals surface area contributed by atoms with Crippen molar-refractivity contribution in [3.8, 4) is 11.5 Å². The number of thioether (sulfide) groups is 1. The molecule has 0 spiro atoms. The lowest BCUT2D eigenvalue weighted by Gasteiger charge is -2.11. The third-order valence-electron chi connectivity index (χ3n) is 2.42. The van der Waals surface area contributed by atoms with Crippen molar-refractivity contribution in [3.63, 3.8) is 0 Å². The molecule has 2 N–H and O–H groups in total. The number of hydrogen-bond donors (Lipinski definition) is 2. The molecule has 0 aliphatic heterocycles. The first-order chi connectivity index (χ1) is 9.72. The Morgan fingerprint density at radius 2 is 2.25 bits per heavy atom. The van der Waals surface area contributed by atoms with Crippen molar-refractivity contribution in [3.05, 3.63) is 24.5 Å². The van der Waals surface area contributed by atoms with Gasteiger partial charge in [0.05, 0.1) is 25.7 Å². The van der Waals surface area contributed by atoms with Crippen molar-refractivity contribution in [2.75, 3.05) is 25.3 Å². The molecule has 1 heterocycles. The number of aromatic amines is 1. The molecule has 8 heteroatoms. The van der Waals surface area contributed by atoms with E-state index in [2.05, 4.69) is 20.5 Å². The Bertz CT molecular complexity index is 574. The van der Waals surface area contributed by atoms with Gasteiger partial charge in [-0.2, -0.15) is 5.10 Å². The van der Waals surface area contributed by atoms with E-state index in [1.807, 2.05) is 0 Å². The molecule has 0 unspecified atom stereocenters. The Morgan fingerprint density at radius 1 is 1.40 bits per heavy atom. The molecule has 106 valence electrons. The predicted molar refractivity (Wildman–Crippen MR) is 75.3 cm³/mol. The molecule has 0 saturated carbocycles. The molecule has 0 aliphatic carbocycles. The Labute approximate surface area is 120 Å². The molecular weight excluding hydrogens is 280 g/mol. The Kier molecular flexibility index (Phi) is 4.83. The SMILES string of the molecule is COc1ccc(NC(=O)CSc2ncn[nH]2)c(OC)c1. The topological polar surface area (TPSA) is 89.1 Å². The Morgan fingerprint density at radius 3 is 2.90 bits per heavy atom. The normalized spacial score (nSPS) is 10.1. The molecule has 0 bridgehead atoms. The fraction of sp³-hybridized carbons (Fsp3) is 0.250. The van der Waals surface area contributed by atoms with Crippen molar-refractivity contribution in [2.45, 2.75) is 5.16 Å². The highest BCUT2D eigenvalue weighted by Gasteiger charge is 2.10. The second-order valence-electron chi connectivity index (χ2n) is 3.69. The van der Waals surface area contributed by atoms with Gasteiger partial charge in [0, 0.05) is 6.07 Å². The standard InChI is InChI=1S/C12H14N4O3S/c1-18-8-3-4-9(10(5-8)19-2)15-11(17)6-20-12-13-7-14-16-12/h3-5,7H,6H2,1-2H3,(H,15,17)(H,13,14,16). The highest BCUT2D eigenvalue weighted by molar-refractivity contribution is 7.99. The number of carbonyl (C=O) groups excluding carboxylic acids is 1. The summed E-state index contributed by atoms with van der Waals surface area (Å²) in [6.45, 7) is 0. The number of benzene rings is 1. The van der Waals surface area contributed by atoms with Crippen molar-refractivity contribution < 1.29 is 14.3 Å². The molecule has 0 saturated heterocycles. The second kappa shape index (κ2) is 6.80. The van der Waals surface area contributed by atoms with E-state index in [1.165, 1.54) is 25.2 Å². The molecule has 0 fully saturated rings. The molecule has 1 amide bonds. The highest BCUT2D eigenvalue weighted by Crippen LogP contribution is 2.29. The van der Waals surface area contributed by atoms with E-state index in [1.54, 1.807) is 25.3 Å². The number of nitrogens with one attached hydrogen (secondary N) is 2. The number of amides is 1. The lowest BCUT2D eigenvalue weighted by molar-refractivity contribution is -0.113. The summed E-state index contributed by atoms with van der Waals surface area (Å²) in [4.78, 5) is 15.8. The van der Waals surface area contributed by atoms with Gasteiger partial charge in [0.2, 0.25) is 5.91 Å². The number of anilines is 1. The first-order valence-electron chi connectivity index (χ1n) is 5.73. The predicted octanol–water partition coefficient (Wildman–Crippen LogP) is 1.55. The summed E-state index contributed by atoms with van der Waals surface area (Å²) in [7, 11) is 3.11. The summed E-state index contributed by atoms with van der Waals surface area (Å²) in [6, 6.07) is 5.19. The average Bonchev–Trinajstić information content (AvgIpc) is 2.99. The fourth-order valence-electron chi connectivity index (χ4n) is 1.49. The third kappa shape index (κ3) is 3.64. The minimum Gasteiger partial charge on any atom is -0.497 e. The van der Waals surface area contributed by atoms with Gasteiger partial charge in [-0.25, -0.2) is 4.98 Å². The van der Waals surface area contributed by atoms with Gasteiger partial charge in [0.1, 0.15) is 17.8 Å². The summed E-state index contributed by atoms with van der Waals surface area (Å²) >= 11 is 1.27. The van der Waals surface area contributed by atoms with Crippen molar-refractivity contribution >= 4 is 23.4 Å². The zero-order chi connectivity index (χ0) is 14.4. The number of ether oxygens (including phenoxy) is 2. The quantitative estimate of drug-likeness (QED) is 0.786. The van der Waals surface area contributed by atoms with Crippen LogP contribution in [-0.2, 0) is 4.79 Å². The van der Waals surface area contributed by atoms with E-state index in [0.29, 0.717) is 22.3 Å². The van der Waals surface area contributed by atoms with Crippen LogP contribution in [0.25, 0.3) is 0 Å². The first kappa shape index (κ1) is 14.2. The number of H-pyrrole nitrogens is 1. The summed E-state index contributed by atoms with van der Waals surface area (Å²) in [5.74, 6) is 1.28. The summed E-state index contributed by atoms with van der Waals surface area (Å²) in [5, 5.41) is 9.75. The molecule has 0 atom stereocenters. The van der Waals surface area contributed by atoms with Crippen LogP contribution >= 0.6 is 11.8 Å². The highest BCUT2D eigenvalue weighted by atomic mass is 32.2. The summed E-state index contributed by atoms with van der Waals surface area (Å²) in [5.41, 5.74) is 0.594. The smallest absolute Gasteiger partial charge is 0.234 e. The van der Waals surface area contributed by atoms with E-state index in [0.717, 1.165) is 0 Å². The molecule has 7 nitrogen and oxygen atoms in total. The van der Waals surface area contributed by atoms with Crippen LogP contribution in [0.4, 0.5) is 5.69 Å². The van der Waals surface area contributed by atoms with Crippen LogP contribution in [0.1, 0.15) is 0 Å². The van der Waals surface area contributed by atoms with Gasteiger partial charge in [-0.3, -0.25) is 9.89 Å². The van der Waals surface area contributed by atoms with Gasteiger partial charge in [-0.1, -0.05) is 11.8 Å². The Balaban J connectivity index is 1.96. The summed E-state index contributed by atoms with van der Waals surface area (Å²) in [6.07, 6.45) is 1.40. The van der Waals surface area contributed by atoms with Crippen LogP contribution in [-0.4, -0.2) is 41.1 Å². The van der Waals surface area contributed by atoms with Gasteiger partial charge in [0.25, 0.3) is 0 Å². The van der Waals surface area contributed by atoms with Crippen molar-refractivity contribution in [1.29, 1.82) is 0 Å². The maximum atomic E-state index is 11.8. The second-order valence-corrected chi connectivity index (χ2v) is 4.66. The molecule has 2 rings (SSSR count). The van der Waals surface area contributed by atoms with Crippen molar-refractivity contribution in [2.24, 2.45) is 0 Å². The Hall–Kier alpha value is -2.22.